The van der Waals surface area contributed by atoms with E-state index >= 15 is 0 Å². The van der Waals surface area contributed by atoms with Gasteiger partial charge >= 0.3 is 71.4 Å². The van der Waals surface area contributed by atoms with E-state index < -0.39 is 63.9 Å². The molecule has 0 heterocycles. The molecule has 16 heteroatoms. The van der Waals surface area contributed by atoms with Gasteiger partial charge in [-0.25, -0.2) is 0 Å². The third-order valence-corrected chi connectivity index (χ3v) is 4.05. The summed E-state index contributed by atoms with van der Waals surface area (Å²) in [6.45, 7) is -2.92. The molecule has 14 nitrogen and oxygen atoms in total. The van der Waals surface area contributed by atoms with Crippen LogP contribution in [0.1, 0.15) is 0 Å². The number of hydrogen-bond donors (Lipinski definition) is 6. The summed E-state index contributed by atoms with van der Waals surface area (Å²) >= 11 is 0. The molecule has 0 aromatic rings. The number of carboxylic acids is 4. The minimum Gasteiger partial charge on any atom is -0.480 e. The monoisotopic (exact) mass is 587 g/mol. The molecular formula is C13H24GdN3O11P+3. The van der Waals surface area contributed by atoms with Gasteiger partial charge in [-0.05, 0) is 0 Å². The Hall–Kier alpha value is -0.765. The minimum absolute atomic E-state index is 0. The van der Waals surface area contributed by atoms with Gasteiger partial charge < -0.3 is 30.2 Å². The van der Waals surface area contributed by atoms with Gasteiger partial charge in [0.2, 0.25) is 0 Å². The Balaban J connectivity index is 0. The third kappa shape index (κ3) is 19.0. The zero-order valence-corrected chi connectivity index (χ0v) is 18.4. The SMILES string of the molecule is O=C(O)CN(CCN(CCN(CC(=O)O)CC(=O)O)CP(=O)(O)O)CC(=O)O.[Gd+3]. The van der Waals surface area contributed by atoms with Gasteiger partial charge in [-0.15, -0.1) is 0 Å². The van der Waals surface area contributed by atoms with E-state index in [2.05, 4.69) is 0 Å². The Bertz CT molecular complexity index is 543. The van der Waals surface area contributed by atoms with Crippen molar-refractivity contribution in [3.63, 3.8) is 0 Å². The normalized spacial score (nSPS) is 11.5. The van der Waals surface area contributed by atoms with Crippen molar-refractivity contribution in [1.29, 1.82) is 0 Å². The third-order valence-electron chi connectivity index (χ3n) is 3.28. The van der Waals surface area contributed by atoms with Gasteiger partial charge in [0.15, 0.2) is 0 Å². The summed E-state index contributed by atoms with van der Waals surface area (Å²) < 4.78 is 11.3. The second-order valence-corrected chi connectivity index (χ2v) is 7.53. The van der Waals surface area contributed by atoms with E-state index in [1.807, 2.05) is 0 Å². The van der Waals surface area contributed by atoms with Gasteiger partial charge in [-0.2, -0.15) is 0 Å². The van der Waals surface area contributed by atoms with E-state index in [4.69, 9.17) is 30.2 Å². The zero-order valence-electron chi connectivity index (χ0n) is 15.2. The van der Waals surface area contributed by atoms with Crippen LogP contribution in [0.4, 0.5) is 0 Å². The molecule has 0 rings (SSSR count). The van der Waals surface area contributed by atoms with Crippen molar-refractivity contribution < 1.29 is 93.9 Å². The number of carbonyl (C=O) groups is 4. The molecule has 0 saturated carbocycles. The Labute approximate surface area is 197 Å². The fourth-order valence-corrected chi connectivity index (χ4v) is 3.08. The number of aliphatic carboxylic acids is 4. The van der Waals surface area contributed by atoms with Crippen LogP contribution in [0, 0.1) is 39.9 Å². The van der Waals surface area contributed by atoms with Crippen LogP contribution >= 0.6 is 7.60 Å². The van der Waals surface area contributed by atoms with Crippen molar-refractivity contribution in [2.75, 3.05) is 58.6 Å². The number of hydrogen-bond acceptors (Lipinski definition) is 8. The van der Waals surface area contributed by atoms with E-state index in [9.17, 15) is 23.7 Å². The molecule has 0 bridgehead atoms. The summed E-state index contributed by atoms with van der Waals surface area (Å²) in [5.41, 5.74) is 0. The van der Waals surface area contributed by atoms with Crippen LogP contribution in [0.15, 0.2) is 0 Å². The molecule has 0 atom stereocenters. The van der Waals surface area contributed by atoms with Crippen LogP contribution in [0.5, 0.6) is 0 Å². The van der Waals surface area contributed by atoms with Gasteiger partial charge in [0.1, 0.15) is 6.29 Å². The number of carboxylic acid groups (broad SMARTS) is 4. The summed E-state index contributed by atoms with van der Waals surface area (Å²) in [6, 6.07) is 0. The molecule has 167 valence electrons. The Morgan fingerprint density at radius 1 is 0.586 bits per heavy atom. The number of nitrogens with zero attached hydrogens (tertiary/aromatic N) is 3. The van der Waals surface area contributed by atoms with E-state index in [0.717, 1.165) is 9.80 Å². The quantitative estimate of drug-likeness (QED) is 0.102. The van der Waals surface area contributed by atoms with Crippen molar-refractivity contribution in [2.45, 2.75) is 0 Å². The summed E-state index contributed by atoms with van der Waals surface area (Å²) in [6.07, 6.45) is -0.741. The van der Waals surface area contributed by atoms with Crippen molar-refractivity contribution in [3.8, 4) is 0 Å². The molecule has 29 heavy (non-hydrogen) atoms. The predicted octanol–water partition coefficient (Wildman–Crippen LogP) is -2.63. The van der Waals surface area contributed by atoms with Crippen LogP contribution < -0.4 is 0 Å². The fourth-order valence-electron chi connectivity index (χ4n) is 2.27. The topological polar surface area (TPSA) is 216 Å². The van der Waals surface area contributed by atoms with Gasteiger partial charge in [-0.3, -0.25) is 38.4 Å². The van der Waals surface area contributed by atoms with Crippen molar-refractivity contribution >= 4 is 31.5 Å². The number of rotatable bonds is 16. The first kappa shape index (κ1) is 30.4. The maximum absolute atomic E-state index is 11.3. The predicted molar refractivity (Wildman–Crippen MR) is 91.9 cm³/mol. The maximum Gasteiger partial charge on any atom is 3.00 e. The second kappa shape index (κ2) is 15.1. The minimum atomic E-state index is -4.53. The summed E-state index contributed by atoms with van der Waals surface area (Å²) in [5.74, 6) is -5.12. The zero-order chi connectivity index (χ0) is 21.9. The van der Waals surface area contributed by atoms with Crippen LogP contribution in [0.25, 0.3) is 0 Å². The molecule has 1 radical (unpaired) electrons. The summed E-state index contributed by atoms with van der Waals surface area (Å²) in [7, 11) is -4.53. The fraction of sp³-hybridized carbons (Fsp3) is 0.692. The molecule has 0 aromatic heterocycles. The molecular weight excluding hydrogens is 562 g/mol. The first-order valence-corrected chi connectivity index (χ1v) is 9.67. The van der Waals surface area contributed by atoms with E-state index in [0.29, 0.717) is 0 Å². The molecule has 0 saturated heterocycles. The van der Waals surface area contributed by atoms with Gasteiger partial charge in [0.25, 0.3) is 0 Å². The van der Waals surface area contributed by atoms with Crippen LogP contribution in [0.2, 0.25) is 0 Å². The molecule has 0 aromatic carbocycles. The van der Waals surface area contributed by atoms with E-state index in [1.54, 1.807) is 0 Å². The van der Waals surface area contributed by atoms with Crippen LogP contribution in [-0.2, 0) is 23.7 Å². The van der Waals surface area contributed by atoms with E-state index in [-0.39, 0.29) is 66.1 Å². The Morgan fingerprint density at radius 2 is 0.828 bits per heavy atom. The smallest absolute Gasteiger partial charge is 0.480 e. The standard InChI is InChI=1S/C13H24N3O11P.Gd/c17-10(18)5-15(6-11(19)20)3-1-14(9-28(25,26)27)2-4-16(7-12(21)22)8-13(23)24;/h1-9H2,(H,17,18)(H,19,20)(H,21,22)(H,23,24)(H2,25,26,27);/q;+3. The van der Waals surface area contributed by atoms with Crippen molar-refractivity contribution in [2.24, 2.45) is 0 Å². The maximum atomic E-state index is 11.3. The van der Waals surface area contributed by atoms with Crippen molar-refractivity contribution in [1.82, 2.24) is 14.7 Å². The molecule has 0 aliphatic rings. The van der Waals surface area contributed by atoms with Gasteiger partial charge in [0.05, 0.1) is 26.2 Å². The summed E-state index contributed by atoms with van der Waals surface area (Å²) in [5, 5.41) is 35.2. The molecule has 0 fully saturated rings. The average Bonchev–Trinajstić information content (AvgIpc) is 2.45. The van der Waals surface area contributed by atoms with Gasteiger partial charge in [-0.1, -0.05) is 0 Å². The van der Waals surface area contributed by atoms with Crippen LogP contribution in [0.3, 0.4) is 0 Å². The Morgan fingerprint density at radius 3 is 1.03 bits per heavy atom. The molecule has 0 aliphatic heterocycles. The van der Waals surface area contributed by atoms with Crippen molar-refractivity contribution in [3.05, 3.63) is 0 Å². The molecule has 0 amide bonds. The van der Waals surface area contributed by atoms with Crippen LogP contribution in [-0.4, -0.2) is 127 Å². The average molecular weight is 587 g/mol. The molecule has 0 aliphatic carbocycles. The first-order chi connectivity index (χ1) is 12.8. The molecule has 0 spiro atoms. The first-order valence-electron chi connectivity index (χ1n) is 7.87. The largest absolute Gasteiger partial charge is 3.00 e. The van der Waals surface area contributed by atoms with Gasteiger partial charge in [0, 0.05) is 26.2 Å². The Kier molecular flexibility index (Phi) is 15.8. The van der Waals surface area contributed by atoms with E-state index in [1.165, 1.54) is 4.90 Å². The molecule has 0 unspecified atom stereocenters. The summed E-state index contributed by atoms with van der Waals surface area (Å²) in [4.78, 5) is 64.8. The molecule has 6 N–H and O–H groups in total. The second-order valence-electron chi connectivity index (χ2n) is 5.92.